The van der Waals surface area contributed by atoms with E-state index < -0.39 is 0 Å². The maximum Gasteiger partial charge on any atom is 0.223 e. The second kappa shape index (κ2) is 4.07. The predicted molar refractivity (Wildman–Crippen MR) is 51.5 cm³/mol. The SMILES string of the molecule is COc1cc(CC(C)C)nc(N)n1. The monoisotopic (exact) mass is 181 g/mol. The van der Waals surface area contributed by atoms with Crippen LogP contribution in [-0.4, -0.2) is 17.1 Å². The summed E-state index contributed by atoms with van der Waals surface area (Å²) in [7, 11) is 1.57. The predicted octanol–water partition coefficient (Wildman–Crippen LogP) is 1.27. The molecule has 0 aliphatic heterocycles. The van der Waals surface area contributed by atoms with Gasteiger partial charge in [-0.15, -0.1) is 0 Å². The van der Waals surface area contributed by atoms with E-state index in [1.807, 2.05) is 6.07 Å². The van der Waals surface area contributed by atoms with Crippen molar-refractivity contribution in [3.8, 4) is 5.88 Å². The van der Waals surface area contributed by atoms with E-state index in [0.717, 1.165) is 12.1 Å². The van der Waals surface area contributed by atoms with Gasteiger partial charge in [-0.25, -0.2) is 4.98 Å². The molecule has 1 aromatic heterocycles. The van der Waals surface area contributed by atoms with E-state index in [2.05, 4.69) is 23.8 Å². The second-order valence-electron chi connectivity index (χ2n) is 3.36. The van der Waals surface area contributed by atoms with E-state index in [1.54, 1.807) is 7.11 Å². The first-order valence-electron chi connectivity index (χ1n) is 4.29. The van der Waals surface area contributed by atoms with Crippen molar-refractivity contribution < 1.29 is 4.74 Å². The van der Waals surface area contributed by atoms with Gasteiger partial charge in [-0.05, 0) is 12.3 Å². The van der Waals surface area contributed by atoms with Crippen LogP contribution in [0.1, 0.15) is 19.5 Å². The van der Waals surface area contributed by atoms with Crippen LogP contribution in [0.5, 0.6) is 5.88 Å². The van der Waals surface area contributed by atoms with E-state index in [0.29, 0.717) is 11.8 Å². The Morgan fingerprint density at radius 3 is 2.69 bits per heavy atom. The normalized spacial score (nSPS) is 10.5. The molecule has 0 spiro atoms. The van der Waals surface area contributed by atoms with Crippen molar-refractivity contribution in [2.75, 3.05) is 12.8 Å². The van der Waals surface area contributed by atoms with Gasteiger partial charge >= 0.3 is 0 Å². The van der Waals surface area contributed by atoms with Crippen LogP contribution in [0, 0.1) is 5.92 Å². The summed E-state index contributed by atoms with van der Waals surface area (Å²) in [5.74, 6) is 1.36. The Hall–Kier alpha value is -1.32. The lowest BCUT2D eigenvalue weighted by atomic mass is 10.1. The number of rotatable bonds is 3. The third-order valence-corrected chi connectivity index (χ3v) is 1.60. The first-order valence-corrected chi connectivity index (χ1v) is 4.29. The number of methoxy groups -OCH3 is 1. The maximum absolute atomic E-state index is 5.51. The van der Waals surface area contributed by atoms with Crippen molar-refractivity contribution in [3.05, 3.63) is 11.8 Å². The Kier molecular flexibility index (Phi) is 3.06. The molecule has 0 radical (unpaired) electrons. The fraction of sp³-hybridized carbons (Fsp3) is 0.556. The van der Waals surface area contributed by atoms with Gasteiger partial charge in [0.15, 0.2) is 0 Å². The Bertz CT molecular complexity index is 286. The minimum atomic E-state index is 0.273. The first-order chi connectivity index (χ1) is 6.11. The van der Waals surface area contributed by atoms with E-state index in [1.165, 1.54) is 0 Å². The molecule has 4 heteroatoms. The smallest absolute Gasteiger partial charge is 0.223 e. The van der Waals surface area contributed by atoms with Crippen molar-refractivity contribution in [1.82, 2.24) is 9.97 Å². The van der Waals surface area contributed by atoms with Crippen molar-refractivity contribution >= 4 is 5.95 Å². The van der Waals surface area contributed by atoms with Gasteiger partial charge in [0.25, 0.3) is 0 Å². The molecule has 2 N–H and O–H groups in total. The molecule has 0 aromatic carbocycles. The summed E-state index contributed by atoms with van der Waals surface area (Å²) in [5, 5.41) is 0. The van der Waals surface area contributed by atoms with Gasteiger partial charge in [-0.1, -0.05) is 13.8 Å². The molecule has 0 saturated carbocycles. The molecular formula is C9H15N3O. The zero-order chi connectivity index (χ0) is 9.84. The summed E-state index contributed by atoms with van der Waals surface area (Å²) < 4.78 is 4.99. The van der Waals surface area contributed by atoms with E-state index in [-0.39, 0.29) is 5.95 Å². The lowest BCUT2D eigenvalue weighted by Gasteiger charge is -2.06. The van der Waals surface area contributed by atoms with Crippen molar-refractivity contribution in [1.29, 1.82) is 0 Å². The van der Waals surface area contributed by atoms with Crippen molar-refractivity contribution in [3.63, 3.8) is 0 Å². The molecule has 0 aliphatic carbocycles. The highest BCUT2D eigenvalue weighted by atomic mass is 16.5. The van der Waals surface area contributed by atoms with Crippen molar-refractivity contribution in [2.45, 2.75) is 20.3 Å². The molecule has 0 aliphatic rings. The first kappa shape index (κ1) is 9.77. The topological polar surface area (TPSA) is 61.0 Å². The van der Waals surface area contributed by atoms with Gasteiger partial charge in [0.1, 0.15) is 0 Å². The standard InChI is InChI=1S/C9H15N3O/c1-6(2)4-7-5-8(13-3)12-9(10)11-7/h5-6H,4H2,1-3H3,(H2,10,11,12). The van der Waals surface area contributed by atoms with E-state index >= 15 is 0 Å². The lowest BCUT2D eigenvalue weighted by molar-refractivity contribution is 0.396. The van der Waals surface area contributed by atoms with Crippen LogP contribution >= 0.6 is 0 Å². The molecule has 1 rings (SSSR count). The van der Waals surface area contributed by atoms with Gasteiger partial charge in [0.2, 0.25) is 11.8 Å². The molecule has 0 bridgehead atoms. The average molecular weight is 181 g/mol. The van der Waals surface area contributed by atoms with Crippen LogP contribution < -0.4 is 10.5 Å². The highest BCUT2D eigenvalue weighted by Gasteiger charge is 2.04. The van der Waals surface area contributed by atoms with E-state index in [9.17, 15) is 0 Å². The van der Waals surface area contributed by atoms with Gasteiger partial charge in [0.05, 0.1) is 12.8 Å². The van der Waals surface area contributed by atoms with Crippen LogP contribution in [0.2, 0.25) is 0 Å². The van der Waals surface area contributed by atoms with Crippen LogP contribution in [0.25, 0.3) is 0 Å². The number of hydrogen-bond donors (Lipinski definition) is 1. The summed E-state index contributed by atoms with van der Waals surface area (Å²) in [6.45, 7) is 4.26. The molecule has 1 aromatic rings. The summed E-state index contributed by atoms with van der Waals surface area (Å²) in [6, 6.07) is 1.82. The zero-order valence-electron chi connectivity index (χ0n) is 8.24. The minimum Gasteiger partial charge on any atom is -0.481 e. The molecule has 0 atom stereocenters. The highest BCUT2D eigenvalue weighted by Crippen LogP contribution is 2.13. The summed E-state index contributed by atoms with van der Waals surface area (Å²) >= 11 is 0. The second-order valence-corrected chi connectivity index (χ2v) is 3.36. The average Bonchev–Trinajstić information content (AvgIpc) is 2.01. The number of hydrogen-bond acceptors (Lipinski definition) is 4. The molecule has 0 amide bonds. The molecule has 1 heterocycles. The molecule has 4 nitrogen and oxygen atoms in total. The summed E-state index contributed by atoms with van der Waals surface area (Å²) in [6.07, 6.45) is 0.892. The van der Waals surface area contributed by atoms with Crippen molar-refractivity contribution in [2.24, 2.45) is 5.92 Å². The molecule has 0 saturated heterocycles. The third-order valence-electron chi connectivity index (χ3n) is 1.60. The molecule has 0 unspecified atom stereocenters. The van der Waals surface area contributed by atoms with Crippen LogP contribution in [0.15, 0.2) is 6.07 Å². The molecule has 0 fully saturated rings. The number of ether oxygens (including phenoxy) is 1. The van der Waals surface area contributed by atoms with Crippen LogP contribution in [0.3, 0.4) is 0 Å². The summed E-state index contributed by atoms with van der Waals surface area (Å²) in [5.41, 5.74) is 6.44. The number of anilines is 1. The maximum atomic E-state index is 5.51. The van der Waals surface area contributed by atoms with E-state index in [4.69, 9.17) is 10.5 Å². The number of nitrogens with zero attached hydrogens (tertiary/aromatic N) is 2. The highest BCUT2D eigenvalue weighted by molar-refractivity contribution is 5.26. The van der Waals surface area contributed by atoms with Crippen LogP contribution in [0.4, 0.5) is 5.95 Å². The van der Waals surface area contributed by atoms with Gasteiger partial charge in [0, 0.05) is 6.07 Å². The number of nitrogens with two attached hydrogens (primary N) is 1. The zero-order valence-corrected chi connectivity index (χ0v) is 8.24. The summed E-state index contributed by atoms with van der Waals surface area (Å²) in [4.78, 5) is 8.01. The largest absolute Gasteiger partial charge is 0.481 e. The number of aromatic nitrogens is 2. The van der Waals surface area contributed by atoms with Gasteiger partial charge < -0.3 is 10.5 Å². The number of nitrogen functional groups attached to an aromatic ring is 1. The Labute approximate surface area is 78.1 Å². The Balaban J connectivity index is 2.88. The Morgan fingerprint density at radius 2 is 2.15 bits per heavy atom. The fourth-order valence-electron chi connectivity index (χ4n) is 1.12. The van der Waals surface area contributed by atoms with Crippen LogP contribution in [-0.2, 0) is 6.42 Å². The lowest BCUT2D eigenvalue weighted by Crippen LogP contribution is -2.03. The fourth-order valence-corrected chi connectivity index (χ4v) is 1.12. The van der Waals surface area contributed by atoms with Gasteiger partial charge in [-0.2, -0.15) is 4.98 Å². The quantitative estimate of drug-likeness (QED) is 0.762. The Morgan fingerprint density at radius 1 is 1.46 bits per heavy atom. The third kappa shape index (κ3) is 2.89. The molecular weight excluding hydrogens is 166 g/mol. The molecule has 72 valence electrons. The molecule has 13 heavy (non-hydrogen) atoms. The minimum absolute atomic E-state index is 0.273. The van der Waals surface area contributed by atoms with Gasteiger partial charge in [-0.3, -0.25) is 0 Å².